The molecule has 1 aromatic carbocycles. The zero-order valence-corrected chi connectivity index (χ0v) is 16.6. The summed E-state index contributed by atoms with van der Waals surface area (Å²) in [4.78, 5) is 28.4. The van der Waals surface area contributed by atoms with Crippen LogP contribution in [0.25, 0.3) is 11.0 Å². The third kappa shape index (κ3) is 3.69. The molecule has 0 aliphatic carbocycles. The van der Waals surface area contributed by atoms with Gasteiger partial charge in [0, 0.05) is 18.3 Å². The van der Waals surface area contributed by atoms with Crippen molar-refractivity contribution >= 4 is 41.0 Å². The second-order valence-electron chi connectivity index (χ2n) is 6.49. The molecule has 3 heterocycles. The molecule has 3 aromatic rings. The SMILES string of the molecule is O=C1/C(=N\OCCF)c2ccncc2N1Cc1nc2ccccc2n1CCCS. The van der Waals surface area contributed by atoms with E-state index in [4.69, 9.17) is 9.82 Å². The number of hydrogen-bond acceptors (Lipinski definition) is 6. The molecule has 4 rings (SSSR count). The first-order chi connectivity index (χ1) is 14.2. The number of para-hydroxylation sites is 2. The van der Waals surface area contributed by atoms with E-state index in [1.165, 1.54) is 0 Å². The van der Waals surface area contributed by atoms with E-state index in [2.05, 4.69) is 27.3 Å². The van der Waals surface area contributed by atoms with Gasteiger partial charge in [-0.2, -0.15) is 12.6 Å². The molecule has 2 aromatic heterocycles. The standard InChI is InChI=1S/C20H20FN5O2S/c21-7-10-28-24-19-14-6-8-22-12-17(14)26(20(19)27)13-18-23-15-4-1-2-5-16(15)25(18)9-3-11-29/h1-2,4-6,8,12,29H,3,7,9-11,13H2/b24-19-. The van der Waals surface area contributed by atoms with Gasteiger partial charge in [0.25, 0.3) is 5.91 Å². The second-order valence-corrected chi connectivity index (χ2v) is 6.94. The fourth-order valence-electron chi connectivity index (χ4n) is 3.41. The minimum Gasteiger partial charge on any atom is -0.392 e. The summed E-state index contributed by atoms with van der Waals surface area (Å²) in [7, 11) is 0. The van der Waals surface area contributed by atoms with Gasteiger partial charge in [0.1, 0.15) is 19.1 Å². The number of fused-ring (bicyclic) bond motifs is 2. The number of benzene rings is 1. The van der Waals surface area contributed by atoms with Gasteiger partial charge < -0.3 is 9.40 Å². The van der Waals surface area contributed by atoms with E-state index >= 15 is 0 Å². The number of rotatable bonds is 8. The monoisotopic (exact) mass is 413 g/mol. The van der Waals surface area contributed by atoms with Gasteiger partial charge in [-0.15, -0.1) is 0 Å². The van der Waals surface area contributed by atoms with Crippen molar-refractivity contribution in [1.82, 2.24) is 14.5 Å². The number of halogens is 1. The number of pyridine rings is 1. The van der Waals surface area contributed by atoms with E-state index in [1.807, 2.05) is 24.3 Å². The molecule has 0 radical (unpaired) electrons. The first-order valence-corrected chi connectivity index (χ1v) is 9.95. The predicted octanol–water partition coefficient (Wildman–Crippen LogP) is 2.99. The van der Waals surface area contributed by atoms with Crippen LogP contribution in [0.1, 0.15) is 17.8 Å². The molecule has 0 atom stereocenters. The Morgan fingerprint density at radius 2 is 2.10 bits per heavy atom. The topological polar surface area (TPSA) is 72.6 Å². The molecule has 1 amide bonds. The van der Waals surface area contributed by atoms with Crippen LogP contribution in [0.3, 0.4) is 0 Å². The fraction of sp³-hybridized carbons (Fsp3) is 0.300. The van der Waals surface area contributed by atoms with Crippen molar-refractivity contribution in [2.24, 2.45) is 5.16 Å². The number of carbonyl (C=O) groups excluding carboxylic acids is 1. The number of amides is 1. The molecule has 1 aliphatic heterocycles. The Morgan fingerprint density at radius 3 is 2.93 bits per heavy atom. The van der Waals surface area contributed by atoms with E-state index < -0.39 is 6.67 Å². The number of thiol groups is 1. The Balaban J connectivity index is 1.71. The minimum atomic E-state index is -0.674. The van der Waals surface area contributed by atoms with Crippen LogP contribution in [-0.2, 0) is 22.7 Å². The highest BCUT2D eigenvalue weighted by molar-refractivity contribution is 7.80. The lowest BCUT2D eigenvalue weighted by atomic mass is 10.2. The number of alkyl halides is 1. The Bertz CT molecular complexity index is 1070. The van der Waals surface area contributed by atoms with Crippen LogP contribution < -0.4 is 4.90 Å². The van der Waals surface area contributed by atoms with Gasteiger partial charge in [0.15, 0.2) is 5.71 Å². The summed E-state index contributed by atoms with van der Waals surface area (Å²) in [5, 5.41) is 3.86. The van der Waals surface area contributed by atoms with Crippen molar-refractivity contribution < 1.29 is 14.0 Å². The summed E-state index contributed by atoms with van der Waals surface area (Å²) >= 11 is 4.32. The molecule has 0 spiro atoms. The molecule has 1 aliphatic rings. The molecular formula is C20H20FN5O2S. The summed E-state index contributed by atoms with van der Waals surface area (Å²) in [5.41, 5.74) is 3.28. The van der Waals surface area contributed by atoms with Crippen LogP contribution in [0.2, 0.25) is 0 Å². The molecule has 0 bridgehead atoms. The lowest BCUT2D eigenvalue weighted by Crippen LogP contribution is -2.31. The first-order valence-electron chi connectivity index (χ1n) is 9.31. The average molecular weight is 413 g/mol. The van der Waals surface area contributed by atoms with Crippen LogP contribution in [-0.4, -0.2) is 45.2 Å². The normalized spacial score (nSPS) is 14.8. The van der Waals surface area contributed by atoms with Crippen molar-refractivity contribution in [3.63, 3.8) is 0 Å². The Labute approximate surface area is 172 Å². The van der Waals surface area contributed by atoms with E-state index in [0.717, 1.165) is 35.6 Å². The van der Waals surface area contributed by atoms with Gasteiger partial charge in [-0.1, -0.05) is 17.3 Å². The van der Waals surface area contributed by atoms with Gasteiger partial charge in [-0.3, -0.25) is 14.7 Å². The van der Waals surface area contributed by atoms with Crippen LogP contribution in [0.5, 0.6) is 0 Å². The molecule has 0 saturated carbocycles. The quantitative estimate of drug-likeness (QED) is 0.350. The summed E-state index contributed by atoms with van der Waals surface area (Å²) in [6, 6.07) is 9.58. The number of nitrogens with zero attached hydrogens (tertiary/aromatic N) is 5. The highest BCUT2D eigenvalue weighted by Gasteiger charge is 2.36. The number of imidazole rings is 1. The van der Waals surface area contributed by atoms with Crippen LogP contribution in [0.15, 0.2) is 47.9 Å². The van der Waals surface area contributed by atoms with Crippen molar-refractivity contribution in [2.75, 3.05) is 23.9 Å². The predicted molar refractivity (Wildman–Crippen MR) is 112 cm³/mol. The van der Waals surface area contributed by atoms with E-state index in [-0.39, 0.29) is 24.8 Å². The van der Waals surface area contributed by atoms with Crippen LogP contribution >= 0.6 is 12.6 Å². The van der Waals surface area contributed by atoms with Gasteiger partial charge in [0.2, 0.25) is 0 Å². The second kappa shape index (κ2) is 8.60. The Kier molecular flexibility index (Phi) is 5.75. The van der Waals surface area contributed by atoms with Crippen molar-refractivity contribution in [3.05, 3.63) is 54.1 Å². The highest BCUT2D eigenvalue weighted by Crippen LogP contribution is 2.30. The van der Waals surface area contributed by atoms with E-state index in [9.17, 15) is 9.18 Å². The van der Waals surface area contributed by atoms with Gasteiger partial charge in [-0.25, -0.2) is 9.37 Å². The maximum Gasteiger partial charge on any atom is 0.281 e. The molecule has 0 saturated heterocycles. The zero-order valence-electron chi connectivity index (χ0n) is 15.7. The van der Waals surface area contributed by atoms with Crippen molar-refractivity contribution in [2.45, 2.75) is 19.5 Å². The van der Waals surface area contributed by atoms with Crippen molar-refractivity contribution in [1.29, 1.82) is 0 Å². The summed E-state index contributed by atoms with van der Waals surface area (Å²) < 4.78 is 14.5. The lowest BCUT2D eigenvalue weighted by Gasteiger charge is -2.17. The number of aromatic nitrogens is 3. The number of hydrogen-bond donors (Lipinski definition) is 1. The molecule has 0 unspecified atom stereocenters. The molecule has 9 heteroatoms. The molecule has 29 heavy (non-hydrogen) atoms. The van der Waals surface area contributed by atoms with E-state index in [1.54, 1.807) is 23.4 Å². The third-order valence-electron chi connectivity index (χ3n) is 4.69. The highest BCUT2D eigenvalue weighted by atomic mass is 32.1. The first kappa shape index (κ1) is 19.4. The van der Waals surface area contributed by atoms with E-state index in [0.29, 0.717) is 11.3 Å². The number of carbonyl (C=O) groups is 1. The maximum atomic E-state index is 13.0. The van der Waals surface area contributed by atoms with Gasteiger partial charge in [-0.05, 0) is 30.4 Å². The van der Waals surface area contributed by atoms with Crippen molar-refractivity contribution in [3.8, 4) is 0 Å². The minimum absolute atomic E-state index is 0.147. The van der Waals surface area contributed by atoms with Gasteiger partial charge in [0.05, 0.1) is 29.5 Å². The van der Waals surface area contributed by atoms with Crippen LogP contribution in [0.4, 0.5) is 10.1 Å². The zero-order chi connectivity index (χ0) is 20.2. The average Bonchev–Trinajstić information content (AvgIpc) is 3.22. The largest absolute Gasteiger partial charge is 0.392 e. The molecule has 0 fully saturated rings. The molecule has 150 valence electrons. The Hall–Kier alpha value is -2.94. The summed E-state index contributed by atoms with van der Waals surface area (Å²) in [5.74, 6) is 1.20. The summed E-state index contributed by atoms with van der Waals surface area (Å²) in [6.45, 7) is 0.145. The Morgan fingerprint density at radius 1 is 1.24 bits per heavy atom. The van der Waals surface area contributed by atoms with Crippen LogP contribution in [0, 0.1) is 0 Å². The number of oxime groups is 1. The summed E-state index contributed by atoms with van der Waals surface area (Å²) in [6.07, 6.45) is 4.08. The smallest absolute Gasteiger partial charge is 0.281 e. The third-order valence-corrected chi connectivity index (χ3v) is 5.01. The molecule has 7 nitrogen and oxygen atoms in total. The molecule has 0 N–H and O–H groups in total. The van der Waals surface area contributed by atoms with Gasteiger partial charge >= 0.3 is 0 Å². The number of anilines is 1. The number of aryl methyl sites for hydroxylation is 1. The fourth-order valence-corrected chi connectivity index (χ4v) is 3.55. The molecular weight excluding hydrogens is 393 g/mol. The lowest BCUT2D eigenvalue weighted by molar-refractivity contribution is -0.112. The maximum absolute atomic E-state index is 13.0.